The molecule has 0 radical (unpaired) electrons. The van der Waals surface area contributed by atoms with Gasteiger partial charge in [-0.15, -0.1) is 0 Å². The number of nitrogens with one attached hydrogen (secondary N) is 1. The molecule has 0 fully saturated rings. The number of halogens is 3. The Morgan fingerprint density at radius 1 is 0.925 bits per heavy atom. The Hall–Kier alpha value is -2.34. The van der Waals surface area contributed by atoms with Gasteiger partial charge in [0, 0.05) is 22.1 Å². The maximum atomic E-state index is 14.1. The number of hydrogen-bond acceptors (Lipinski definition) is 4. The van der Waals surface area contributed by atoms with Crippen molar-refractivity contribution in [2.75, 3.05) is 17.1 Å². The number of nitrogens with zero attached hydrogens (tertiary/aromatic N) is 2. The average Bonchev–Trinajstić information content (AvgIpc) is 2.86. The maximum absolute atomic E-state index is 14.1. The van der Waals surface area contributed by atoms with Crippen LogP contribution in [-0.4, -0.2) is 49.5 Å². The van der Waals surface area contributed by atoms with E-state index in [1.54, 1.807) is 42.5 Å². The van der Waals surface area contributed by atoms with Crippen molar-refractivity contribution in [3.63, 3.8) is 0 Å². The Kier molecular flexibility index (Phi) is 10.9. The minimum Gasteiger partial charge on any atom is -0.350 e. The Morgan fingerprint density at radius 2 is 1.55 bits per heavy atom. The fourth-order valence-corrected chi connectivity index (χ4v) is 5.59. The van der Waals surface area contributed by atoms with E-state index in [0.717, 1.165) is 19.7 Å². The van der Waals surface area contributed by atoms with Crippen LogP contribution in [0.15, 0.2) is 72.8 Å². The van der Waals surface area contributed by atoms with Crippen LogP contribution in [0.5, 0.6) is 0 Å². The van der Waals surface area contributed by atoms with E-state index in [2.05, 4.69) is 27.9 Å². The summed E-state index contributed by atoms with van der Waals surface area (Å²) in [7, 11) is -3.83. The first kappa shape index (κ1) is 32.2. The van der Waals surface area contributed by atoms with Crippen molar-refractivity contribution in [2.24, 2.45) is 0 Å². The van der Waals surface area contributed by atoms with E-state index in [9.17, 15) is 18.0 Å². The quantitative estimate of drug-likeness (QED) is 0.264. The first-order chi connectivity index (χ1) is 18.6. The molecule has 0 saturated heterocycles. The molecule has 214 valence electrons. The molecule has 0 saturated carbocycles. The van der Waals surface area contributed by atoms with Crippen LogP contribution in [0, 0.1) is 3.57 Å². The number of carbonyl (C=O) groups excluding carboxylic acids is 2. The molecule has 0 spiro atoms. The summed E-state index contributed by atoms with van der Waals surface area (Å²) in [5, 5.41) is 3.66. The molecule has 2 amide bonds. The second-order valence-corrected chi connectivity index (χ2v) is 14.4. The summed E-state index contributed by atoms with van der Waals surface area (Å²) in [6.45, 7) is 5.09. The molecule has 1 N–H and O–H groups in total. The summed E-state index contributed by atoms with van der Waals surface area (Å²) in [5.74, 6) is -0.898. The van der Waals surface area contributed by atoms with Crippen LogP contribution in [0.2, 0.25) is 10.0 Å². The van der Waals surface area contributed by atoms with Crippen molar-refractivity contribution in [1.82, 2.24) is 10.2 Å². The van der Waals surface area contributed by atoms with Gasteiger partial charge in [-0.3, -0.25) is 13.9 Å². The lowest BCUT2D eigenvalue weighted by Gasteiger charge is -2.35. The second-order valence-electron chi connectivity index (χ2n) is 10.5. The Labute approximate surface area is 260 Å². The van der Waals surface area contributed by atoms with Crippen molar-refractivity contribution in [1.29, 1.82) is 0 Å². The minimum atomic E-state index is -3.83. The molecule has 0 aromatic heterocycles. The zero-order valence-corrected chi connectivity index (χ0v) is 27.2. The predicted octanol–water partition coefficient (Wildman–Crippen LogP) is 5.92. The lowest BCUT2D eigenvalue weighted by Crippen LogP contribution is -2.56. The summed E-state index contributed by atoms with van der Waals surface area (Å²) in [6.07, 6.45) is 1.27. The predicted molar refractivity (Wildman–Crippen MR) is 170 cm³/mol. The second kappa shape index (κ2) is 13.5. The van der Waals surface area contributed by atoms with Crippen molar-refractivity contribution >= 4 is 73.3 Å². The molecule has 3 rings (SSSR count). The zero-order valence-electron chi connectivity index (χ0n) is 22.7. The highest BCUT2D eigenvalue weighted by atomic mass is 127. The van der Waals surface area contributed by atoms with Gasteiger partial charge >= 0.3 is 0 Å². The summed E-state index contributed by atoms with van der Waals surface area (Å²) in [5.41, 5.74) is 1.28. The Morgan fingerprint density at radius 3 is 2.10 bits per heavy atom. The van der Waals surface area contributed by atoms with E-state index in [-0.39, 0.29) is 18.9 Å². The van der Waals surface area contributed by atoms with E-state index >= 15 is 0 Å². The van der Waals surface area contributed by atoms with Crippen LogP contribution < -0.4 is 9.62 Å². The molecule has 40 heavy (non-hydrogen) atoms. The summed E-state index contributed by atoms with van der Waals surface area (Å²) in [4.78, 5) is 29.2. The third-order valence-electron chi connectivity index (χ3n) is 5.90. The molecular formula is C29H32Cl2IN3O4S. The van der Waals surface area contributed by atoms with Gasteiger partial charge in [0.2, 0.25) is 21.8 Å². The molecular weight excluding hydrogens is 684 g/mol. The topological polar surface area (TPSA) is 86.8 Å². The third kappa shape index (κ3) is 9.36. The number of rotatable bonds is 10. The number of anilines is 1. The van der Waals surface area contributed by atoms with Crippen LogP contribution in [0.25, 0.3) is 0 Å². The normalized spacial score (nSPS) is 12.5. The zero-order chi connectivity index (χ0) is 29.7. The van der Waals surface area contributed by atoms with E-state index < -0.39 is 34.1 Å². The first-order valence-electron chi connectivity index (χ1n) is 12.5. The van der Waals surface area contributed by atoms with E-state index in [1.165, 1.54) is 4.90 Å². The third-order valence-corrected chi connectivity index (χ3v) is 8.50. The molecule has 1 atom stereocenters. The summed E-state index contributed by atoms with van der Waals surface area (Å²) < 4.78 is 27.6. The maximum Gasteiger partial charge on any atom is 0.244 e. The van der Waals surface area contributed by atoms with Gasteiger partial charge in [0.25, 0.3) is 0 Å². The summed E-state index contributed by atoms with van der Waals surface area (Å²) >= 11 is 14.5. The van der Waals surface area contributed by atoms with Crippen LogP contribution in [0.1, 0.15) is 31.9 Å². The van der Waals surface area contributed by atoms with Crippen LogP contribution in [-0.2, 0) is 32.6 Å². The standard InChI is InChI=1S/C29H32Cl2IN3O4S/c1-29(2,3)33-28(37)26(17-20-8-6-5-7-9-20)34(18-21-10-15-24(30)25(31)16-21)27(36)19-35(40(4,38)39)23-13-11-22(32)12-14-23/h5-16,26H,17-19H2,1-4H3,(H,33,37)/t26-/m0/s1. The number of amides is 2. The number of carbonyl (C=O) groups is 2. The highest BCUT2D eigenvalue weighted by Crippen LogP contribution is 2.25. The fourth-order valence-electron chi connectivity index (χ4n) is 4.06. The van der Waals surface area contributed by atoms with Crippen LogP contribution >= 0.6 is 45.8 Å². The van der Waals surface area contributed by atoms with Crippen molar-refractivity contribution in [2.45, 2.75) is 45.3 Å². The van der Waals surface area contributed by atoms with Crippen LogP contribution in [0.3, 0.4) is 0 Å². The van der Waals surface area contributed by atoms with Gasteiger partial charge in [-0.1, -0.05) is 59.6 Å². The summed E-state index contributed by atoms with van der Waals surface area (Å²) in [6, 6.07) is 20.2. The fraction of sp³-hybridized carbons (Fsp3) is 0.310. The van der Waals surface area contributed by atoms with Gasteiger partial charge in [0.05, 0.1) is 22.0 Å². The van der Waals surface area contributed by atoms with Crippen molar-refractivity contribution in [3.05, 3.63) is 97.5 Å². The molecule has 0 aliphatic heterocycles. The first-order valence-corrected chi connectivity index (χ1v) is 16.1. The van der Waals surface area contributed by atoms with E-state index in [4.69, 9.17) is 23.2 Å². The molecule has 0 aliphatic carbocycles. The lowest BCUT2D eigenvalue weighted by molar-refractivity contribution is -0.140. The average molecular weight is 716 g/mol. The van der Waals surface area contributed by atoms with E-state index in [1.807, 2.05) is 51.1 Å². The van der Waals surface area contributed by atoms with Crippen molar-refractivity contribution in [3.8, 4) is 0 Å². The van der Waals surface area contributed by atoms with Gasteiger partial charge < -0.3 is 10.2 Å². The van der Waals surface area contributed by atoms with Gasteiger partial charge in [0.1, 0.15) is 12.6 Å². The molecule has 3 aromatic carbocycles. The largest absolute Gasteiger partial charge is 0.350 e. The van der Waals surface area contributed by atoms with Crippen molar-refractivity contribution < 1.29 is 18.0 Å². The Balaban J connectivity index is 2.08. The SMILES string of the molecule is CC(C)(C)NC(=O)[C@H](Cc1ccccc1)N(Cc1ccc(Cl)c(Cl)c1)C(=O)CN(c1ccc(I)cc1)S(C)(=O)=O. The molecule has 0 heterocycles. The molecule has 3 aromatic rings. The number of hydrogen-bond donors (Lipinski definition) is 1. The highest BCUT2D eigenvalue weighted by molar-refractivity contribution is 14.1. The van der Waals surface area contributed by atoms with Gasteiger partial charge in [-0.25, -0.2) is 8.42 Å². The van der Waals surface area contributed by atoms with Gasteiger partial charge in [-0.2, -0.15) is 0 Å². The molecule has 0 bridgehead atoms. The highest BCUT2D eigenvalue weighted by Gasteiger charge is 2.34. The monoisotopic (exact) mass is 715 g/mol. The molecule has 0 unspecified atom stereocenters. The molecule has 11 heteroatoms. The molecule has 7 nitrogen and oxygen atoms in total. The lowest BCUT2D eigenvalue weighted by atomic mass is 10.0. The smallest absolute Gasteiger partial charge is 0.244 e. The number of sulfonamides is 1. The van der Waals surface area contributed by atoms with Gasteiger partial charge in [0.15, 0.2) is 0 Å². The van der Waals surface area contributed by atoms with E-state index in [0.29, 0.717) is 21.3 Å². The number of benzene rings is 3. The van der Waals surface area contributed by atoms with Gasteiger partial charge in [-0.05, 0) is 90.9 Å². The Bertz CT molecular complexity index is 1450. The molecule has 0 aliphatic rings. The van der Waals surface area contributed by atoms with Crippen LogP contribution in [0.4, 0.5) is 5.69 Å². The minimum absolute atomic E-state index is 0.00900.